The minimum Gasteiger partial charge on any atom is -0.362 e. The summed E-state index contributed by atoms with van der Waals surface area (Å²) in [6.45, 7) is 10.9. The van der Waals surface area contributed by atoms with Crippen molar-refractivity contribution >= 4 is 17.7 Å². The number of nitrogens with zero attached hydrogens (tertiary/aromatic N) is 5. The third-order valence-electron chi connectivity index (χ3n) is 6.29. The van der Waals surface area contributed by atoms with Gasteiger partial charge in [-0.3, -0.25) is 9.89 Å². The molecule has 0 radical (unpaired) electrons. The van der Waals surface area contributed by atoms with E-state index in [1.807, 2.05) is 10.9 Å². The zero-order chi connectivity index (χ0) is 18.4. The van der Waals surface area contributed by atoms with Crippen LogP contribution >= 0.6 is 0 Å². The fourth-order valence-electron chi connectivity index (χ4n) is 4.71. The average molecular weight is 362 g/mol. The number of aliphatic imine (C=N–C) groups is 1. The summed E-state index contributed by atoms with van der Waals surface area (Å²) in [5.74, 6) is 1.18. The Labute approximate surface area is 160 Å². The number of amidine groups is 1. The molecule has 1 aromatic heterocycles. The molecule has 3 aliphatic heterocycles. The van der Waals surface area contributed by atoms with Crippen molar-refractivity contribution in [3.8, 4) is 0 Å². The largest absolute Gasteiger partial charge is 0.362 e. The third-order valence-corrected chi connectivity index (χ3v) is 6.29. The van der Waals surface area contributed by atoms with Gasteiger partial charge in [0.25, 0.3) is 0 Å². The number of fused-ring (bicyclic) bond motifs is 4. The summed E-state index contributed by atoms with van der Waals surface area (Å²) in [6.07, 6.45) is 5.92. The van der Waals surface area contributed by atoms with Crippen LogP contribution in [0.2, 0.25) is 0 Å². The van der Waals surface area contributed by atoms with Crippen LogP contribution in [0.5, 0.6) is 0 Å². The zero-order valence-corrected chi connectivity index (χ0v) is 15.9. The first kappa shape index (κ1) is 16.6. The first-order valence-corrected chi connectivity index (χ1v) is 9.78. The molecule has 6 nitrogen and oxygen atoms in total. The van der Waals surface area contributed by atoms with E-state index in [0.29, 0.717) is 0 Å². The third kappa shape index (κ3) is 2.58. The predicted octanol–water partition coefficient (Wildman–Crippen LogP) is 2.77. The average Bonchev–Trinajstić information content (AvgIpc) is 3.32. The smallest absolute Gasteiger partial charge is 0.134 e. The summed E-state index contributed by atoms with van der Waals surface area (Å²) in [7, 11) is 0. The van der Waals surface area contributed by atoms with Crippen LogP contribution in [-0.4, -0.2) is 57.3 Å². The van der Waals surface area contributed by atoms with E-state index in [0.717, 1.165) is 45.6 Å². The van der Waals surface area contributed by atoms with Gasteiger partial charge in [0.15, 0.2) is 0 Å². The molecule has 1 saturated heterocycles. The van der Waals surface area contributed by atoms with E-state index in [2.05, 4.69) is 58.0 Å². The van der Waals surface area contributed by atoms with Crippen LogP contribution in [0.15, 0.2) is 42.0 Å². The summed E-state index contributed by atoms with van der Waals surface area (Å²) < 4.78 is 1.85. The Hall–Kier alpha value is -2.60. The van der Waals surface area contributed by atoms with Crippen LogP contribution in [0, 0.1) is 6.92 Å². The van der Waals surface area contributed by atoms with Crippen LogP contribution in [0.3, 0.4) is 0 Å². The van der Waals surface area contributed by atoms with E-state index in [9.17, 15) is 0 Å². The lowest BCUT2D eigenvalue weighted by molar-refractivity contribution is 0.0895. The Bertz CT molecular complexity index is 903. The normalized spacial score (nSPS) is 20.8. The molecule has 0 saturated carbocycles. The first-order chi connectivity index (χ1) is 13.2. The van der Waals surface area contributed by atoms with E-state index in [-0.39, 0.29) is 5.66 Å². The molecular weight excluding hydrogens is 336 g/mol. The highest BCUT2D eigenvalue weighted by atomic mass is 15.4. The van der Waals surface area contributed by atoms with Crippen molar-refractivity contribution in [3.05, 3.63) is 53.9 Å². The molecule has 1 spiro atoms. The number of para-hydroxylation sites is 1. The highest BCUT2D eigenvalue weighted by Crippen LogP contribution is 2.39. The van der Waals surface area contributed by atoms with Crippen molar-refractivity contribution in [1.29, 1.82) is 0 Å². The fraction of sp³-hybridized carbons (Fsp3) is 0.429. The first-order valence-electron chi connectivity index (χ1n) is 9.78. The molecule has 27 heavy (non-hydrogen) atoms. The molecule has 2 aromatic rings. The number of aromatic nitrogens is 2. The number of hydrogen-bond donors (Lipinski definition) is 1. The lowest BCUT2D eigenvalue weighted by Gasteiger charge is -2.52. The minimum atomic E-state index is 0.000525. The van der Waals surface area contributed by atoms with Gasteiger partial charge in [0, 0.05) is 67.7 Å². The van der Waals surface area contributed by atoms with Crippen LogP contribution < -0.4 is 5.32 Å². The highest BCUT2D eigenvalue weighted by molar-refractivity contribution is 6.06. The van der Waals surface area contributed by atoms with Crippen molar-refractivity contribution in [2.75, 3.05) is 31.5 Å². The molecule has 5 rings (SSSR count). The van der Waals surface area contributed by atoms with Crippen LogP contribution in [0.25, 0.3) is 6.20 Å². The number of benzene rings is 1. The van der Waals surface area contributed by atoms with Gasteiger partial charge in [0.1, 0.15) is 11.5 Å². The molecule has 3 aliphatic rings. The van der Waals surface area contributed by atoms with Crippen LogP contribution in [0.4, 0.5) is 5.69 Å². The highest BCUT2D eigenvalue weighted by Gasteiger charge is 2.46. The summed E-state index contributed by atoms with van der Waals surface area (Å²) in [5, 5.41) is 8.27. The van der Waals surface area contributed by atoms with Gasteiger partial charge in [-0.1, -0.05) is 18.7 Å². The SMILES string of the molecule is C=Cn1ncc(CN2CCC3(CC2)Nc2ccccc2C2=NCCN23)c1C. The molecular formula is C21H26N6. The predicted molar refractivity (Wildman–Crippen MR) is 109 cm³/mol. The molecule has 140 valence electrons. The van der Waals surface area contributed by atoms with Gasteiger partial charge in [-0.15, -0.1) is 0 Å². The van der Waals surface area contributed by atoms with Gasteiger partial charge < -0.3 is 10.2 Å². The Balaban J connectivity index is 1.34. The molecule has 0 amide bonds. The summed E-state index contributed by atoms with van der Waals surface area (Å²) in [5.41, 5.74) is 4.95. The van der Waals surface area contributed by atoms with Crippen molar-refractivity contribution in [3.63, 3.8) is 0 Å². The monoisotopic (exact) mass is 362 g/mol. The van der Waals surface area contributed by atoms with Gasteiger partial charge in [-0.2, -0.15) is 5.10 Å². The number of nitrogens with one attached hydrogen (secondary N) is 1. The molecule has 0 unspecified atom stereocenters. The van der Waals surface area contributed by atoms with Gasteiger partial charge >= 0.3 is 0 Å². The van der Waals surface area contributed by atoms with E-state index >= 15 is 0 Å². The van der Waals surface area contributed by atoms with Crippen molar-refractivity contribution in [2.45, 2.75) is 32.0 Å². The van der Waals surface area contributed by atoms with E-state index in [1.165, 1.54) is 28.3 Å². The second-order valence-corrected chi connectivity index (χ2v) is 7.72. The minimum absolute atomic E-state index is 0.000525. The maximum atomic E-state index is 4.83. The number of anilines is 1. The maximum Gasteiger partial charge on any atom is 0.134 e. The Morgan fingerprint density at radius 2 is 2.04 bits per heavy atom. The molecule has 1 aromatic carbocycles. The van der Waals surface area contributed by atoms with Crippen LogP contribution in [-0.2, 0) is 6.54 Å². The number of rotatable bonds is 3. The van der Waals surface area contributed by atoms with E-state index in [4.69, 9.17) is 4.99 Å². The summed E-state index contributed by atoms with van der Waals surface area (Å²) in [4.78, 5) is 9.89. The second-order valence-electron chi connectivity index (χ2n) is 7.72. The topological polar surface area (TPSA) is 48.7 Å². The maximum absolute atomic E-state index is 4.83. The van der Waals surface area contributed by atoms with Gasteiger partial charge in [-0.05, 0) is 19.1 Å². The van der Waals surface area contributed by atoms with Gasteiger partial charge in [0.2, 0.25) is 0 Å². The van der Waals surface area contributed by atoms with Crippen molar-refractivity contribution in [2.24, 2.45) is 4.99 Å². The molecule has 4 heterocycles. The van der Waals surface area contributed by atoms with Gasteiger partial charge in [0.05, 0.1) is 12.7 Å². The molecule has 6 heteroatoms. The second kappa shape index (κ2) is 6.23. The number of likely N-dealkylation sites (tertiary alicyclic amines) is 1. The Morgan fingerprint density at radius 3 is 2.81 bits per heavy atom. The van der Waals surface area contributed by atoms with Crippen LogP contribution in [0.1, 0.15) is 29.7 Å². The summed E-state index contributed by atoms with van der Waals surface area (Å²) in [6, 6.07) is 8.59. The molecule has 1 fully saturated rings. The number of piperidine rings is 1. The Kier molecular flexibility index (Phi) is 3.82. The zero-order valence-electron chi connectivity index (χ0n) is 15.9. The molecule has 0 atom stereocenters. The standard InChI is InChI=1S/C21H26N6/c1-3-27-16(2)17(14-23-27)15-25-11-8-21(9-12-25)24-19-7-5-4-6-18(19)20-22-10-13-26(20)21/h3-7,14,24H,1,8-13,15H2,2H3. The van der Waals surface area contributed by atoms with E-state index < -0.39 is 0 Å². The van der Waals surface area contributed by atoms with Gasteiger partial charge in [-0.25, -0.2) is 4.68 Å². The molecule has 1 N–H and O–H groups in total. The van der Waals surface area contributed by atoms with E-state index in [1.54, 1.807) is 6.20 Å². The molecule has 0 bridgehead atoms. The van der Waals surface area contributed by atoms with Crippen molar-refractivity contribution in [1.82, 2.24) is 19.6 Å². The lowest BCUT2D eigenvalue weighted by Crippen LogP contribution is -2.63. The summed E-state index contributed by atoms with van der Waals surface area (Å²) >= 11 is 0. The molecule has 0 aliphatic carbocycles. The lowest BCUT2D eigenvalue weighted by atomic mass is 9.90. The van der Waals surface area contributed by atoms with Crippen molar-refractivity contribution < 1.29 is 0 Å². The Morgan fingerprint density at radius 1 is 1.22 bits per heavy atom. The number of hydrogen-bond acceptors (Lipinski definition) is 5. The fourth-order valence-corrected chi connectivity index (χ4v) is 4.71. The quantitative estimate of drug-likeness (QED) is 0.912.